The van der Waals surface area contributed by atoms with Crippen molar-refractivity contribution < 1.29 is 8.42 Å². The van der Waals surface area contributed by atoms with Crippen LogP contribution >= 0.6 is 0 Å². The van der Waals surface area contributed by atoms with Gasteiger partial charge in [-0.05, 0) is 38.2 Å². The summed E-state index contributed by atoms with van der Waals surface area (Å²) in [5.74, 6) is 0.400. The number of rotatable bonds is 6. The molecule has 26 heavy (non-hydrogen) atoms. The fourth-order valence-corrected chi connectivity index (χ4v) is 4.50. The molecule has 3 rings (SSSR count). The molecule has 0 aliphatic carbocycles. The fraction of sp³-hybridized carbons (Fsp3) is 0.588. The van der Waals surface area contributed by atoms with Gasteiger partial charge in [-0.25, -0.2) is 0 Å². The molecule has 0 saturated carbocycles. The summed E-state index contributed by atoms with van der Waals surface area (Å²) in [7, 11) is -0.175. The molecular formula is C17H26N6O2S. The zero-order valence-corrected chi connectivity index (χ0v) is 16.4. The summed E-state index contributed by atoms with van der Waals surface area (Å²) in [6.45, 7) is 3.92. The van der Waals surface area contributed by atoms with Crippen LogP contribution in [0.4, 0.5) is 0 Å². The average Bonchev–Trinajstić information content (AvgIpc) is 3.11. The molecule has 3 heterocycles. The first-order valence-electron chi connectivity index (χ1n) is 8.93. The van der Waals surface area contributed by atoms with Crippen LogP contribution in [0.1, 0.15) is 25.5 Å². The van der Waals surface area contributed by atoms with Crippen LogP contribution in [0.15, 0.2) is 24.7 Å². The van der Waals surface area contributed by atoms with E-state index in [1.54, 1.807) is 37.0 Å². The van der Waals surface area contributed by atoms with E-state index in [4.69, 9.17) is 0 Å². The van der Waals surface area contributed by atoms with Gasteiger partial charge >= 0.3 is 0 Å². The quantitative estimate of drug-likeness (QED) is 0.759. The molecule has 0 aromatic carbocycles. The maximum atomic E-state index is 12.3. The smallest absolute Gasteiger partial charge is 0.264 e. The van der Waals surface area contributed by atoms with Gasteiger partial charge in [0.2, 0.25) is 0 Å². The molecule has 0 spiro atoms. The molecule has 1 saturated heterocycles. The third-order valence-corrected chi connectivity index (χ3v) is 6.82. The van der Waals surface area contributed by atoms with Gasteiger partial charge in [0.25, 0.3) is 10.2 Å². The molecule has 1 fully saturated rings. The Morgan fingerprint density at radius 1 is 1.15 bits per heavy atom. The van der Waals surface area contributed by atoms with Gasteiger partial charge in [0.05, 0.1) is 11.4 Å². The van der Waals surface area contributed by atoms with Gasteiger partial charge in [0.1, 0.15) is 5.69 Å². The lowest BCUT2D eigenvalue weighted by molar-refractivity contribution is 0.261. The maximum Gasteiger partial charge on any atom is 0.281 e. The molecule has 1 aliphatic heterocycles. The lowest BCUT2D eigenvalue weighted by Crippen LogP contribution is -2.44. The summed E-state index contributed by atoms with van der Waals surface area (Å²) in [4.78, 5) is 9.09. The van der Waals surface area contributed by atoms with E-state index in [0.717, 1.165) is 42.9 Å². The van der Waals surface area contributed by atoms with Crippen molar-refractivity contribution in [2.75, 3.05) is 27.2 Å². The van der Waals surface area contributed by atoms with Crippen LogP contribution in [0.25, 0.3) is 11.4 Å². The minimum atomic E-state index is -3.32. The summed E-state index contributed by atoms with van der Waals surface area (Å²) in [5, 5.41) is 4.32. The Labute approximate surface area is 155 Å². The number of piperidine rings is 1. The third kappa shape index (κ3) is 3.79. The molecule has 0 bridgehead atoms. The number of hydrogen-bond donors (Lipinski definition) is 0. The van der Waals surface area contributed by atoms with Crippen LogP contribution in [0.3, 0.4) is 0 Å². The lowest BCUT2D eigenvalue weighted by Gasteiger charge is -2.32. The zero-order valence-electron chi connectivity index (χ0n) is 15.5. The average molecular weight is 379 g/mol. The van der Waals surface area contributed by atoms with Crippen LogP contribution in [-0.2, 0) is 23.2 Å². The summed E-state index contributed by atoms with van der Waals surface area (Å²) in [6.07, 6.45) is 7.66. The Morgan fingerprint density at radius 2 is 1.85 bits per heavy atom. The molecule has 1 aliphatic rings. The highest BCUT2D eigenvalue weighted by Gasteiger charge is 2.30. The highest BCUT2D eigenvalue weighted by molar-refractivity contribution is 7.86. The summed E-state index contributed by atoms with van der Waals surface area (Å²) >= 11 is 0. The summed E-state index contributed by atoms with van der Waals surface area (Å²) in [5.41, 5.74) is 2.80. The van der Waals surface area contributed by atoms with E-state index in [1.807, 2.05) is 17.7 Å². The Morgan fingerprint density at radius 3 is 2.50 bits per heavy atom. The minimum Gasteiger partial charge on any atom is -0.264 e. The topological polar surface area (TPSA) is 84.2 Å². The predicted octanol–water partition coefficient (Wildman–Crippen LogP) is 1.42. The predicted molar refractivity (Wildman–Crippen MR) is 99.5 cm³/mol. The van der Waals surface area contributed by atoms with Crippen LogP contribution in [0, 0.1) is 5.92 Å². The number of aryl methyl sites for hydroxylation is 1. The second-order valence-corrected chi connectivity index (χ2v) is 8.86. The molecule has 9 heteroatoms. The summed E-state index contributed by atoms with van der Waals surface area (Å²) in [6, 6.07) is 1.96. The minimum absolute atomic E-state index is 0.400. The molecule has 0 N–H and O–H groups in total. The second-order valence-electron chi connectivity index (χ2n) is 6.72. The Kier molecular flexibility index (Phi) is 5.69. The Balaban J connectivity index is 1.72. The van der Waals surface area contributed by atoms with E-state index in [0.29, 0.717) is 19.0 Å². The zero-order chi connectivity index (χ0) is 18.7. The van der Waals surface area contributed by atoms with Crippen molar-refractivity contribution in [1.29, 1.82) is 0 Å². The van der Waals surface area contributed by atoms with E-state index in [1.165, 1.54) is 4.31 Å². The first-order chi connectivity index (χ1) is 12.4. The first-order valence-corrected chi connectivity index (χ1v) is 10.3. The van der Waals surface area contributed by atoms with Crippen LogP contribution < -0.4 is 0 Å². The van der Waals surface area contributed by atoms with Gasteiger partial charge in [-0.1, -0.05) is 0 Å². The first kappa shape index (κ1) is 18.9. The molecule has 0 radical (unpaired) electrons. The van der Waals surface area contributed by atoms with Gasteiger partial charge < -0.3 is 0 Å². The number of hydrogen-bond acceptors (Lipinski definition) is 5. The second kappa shape index (κ2) is 7.81. The molecule has 0 atom stereocenters. The highest BCUT2D eigenvalue weighted by Crippen LogP contribution is 2.27. The fourth-order valence-electron chi connectivity index (χ4n) is 3.36. The van der Waals surface area contributed by atoms with Gasteiger partial charge in [0.15, 0.2) is 0 Å². The molecule has 2 aromatic rings. The van der Waals surface area contributed by atoms with Crippen LogP contribution in [0.5, 0.6) is 0 Å². The Bertz CT molecular complexity index is 840. The summed E-state index contributed by atoms with van der Waals surface area (Å²) < 4.78 is 29.3. The highest BCUT2D eigenvalue weighted by atomic mass is 32.2. The van der Waals surface area contributed by atoms with E-state index < -0.39 is 10.2 Å². The van der Waals surface area contributed by atoms with Crippen molar-refractivity contribution in [3.05, 3.63) is 30.4 Å². The van der Waals surface area contributed by atoms with Gasteiger partial charge in [-0.15, -0.1) is 0 Å². The van der Waals surface area contributed by atoms with Gasteiger partial charge in [-0.3, -0.25) is 14.6 Å². The van der Waals surface area contributed by atoms with E-state index in [2.05, 4.69) is 15.1 Å². The van der Waals surface area contributed by atoms with Crippen molar-refractivity contribution in [2.45, 2.75) is 32.7 Å². The van der Waals surface area contributed by atoms with Crippen molar-refractivity contribution in [3.63, 3.8) is 0 Å². The number of nitrogens with zero attached hydrogens (tertiary/aromatic N) is 6. The van der Waals surface area contributed by atoms with Crippen molar-refractivity contribution in [3.8, 4) is 11.4 Å². The Hall–Kier alpha value is -1.84. The third-order valence-electron chi connectivity index (χ3n) is 4.88. The van der Waals surface area contributed by atoms with Gasteiger partial charge in [-0.2, -0.15) is 22.1 Å². The van der Waals surface area contributed by atoms with Crippen molar-refractivity contribution in [1.82, 2.24) is 28.4 Å². The van der Waals surface area contributed by atoms with Crippen LogP contribution in [0.2, 0.25) is 0 Å². The standard InChI is InChI=1S/C17H26N6O2S/c1-4-23-16(5-8-20-23)17-15(18-9-10-19-17)13-14-6-11-22(12-7-14)26(24,25)21(2)3/h5,8-10,14H,4,6-7,11-13H2,1-3H3. The van der Waals surface area contributed by atoms with E-state index in [9.17, 15) is 8.42 Å². The molecule has 2 aromatic heterocycles. The number of aromatic nitrogens is 4. The van der Waals surface area contributed by atoms with Crippen molar-refractivity contribution >= 4 is 10.2 Å². The van der Waals surface area contributed by atoms with Gasteiger partial charge in [0, 0.05) is 52.3 Å². The molecule has 0 unspecified atom stereocenters. The molecule has 142 valence electrons. The maximum absolute atomic E-state index is 12.3. The normalized spacial score (nSPS) is 17.1. The SMILES string of the molecule is CCn1nccc1-c1nccnc1CC1CCN(S(=O)(=O)N(C)C)CC1. The molecular weight excluding hydrogens is 352 g/mol. The lowest BCUT2D eigenvalue weighted by atomic mass is 9.92. The molecule has 0 amide bonds. The van der Waals surface area contributed by atoms with E-state index >= 15 is 0 Å². The largest absolute Gasteiger partial charge is 0.281 e. The molecule has 8 nitrogen and oxygen atoms in total. The van der Waals surface area contributed by atoms with E-state index in [-0.39, 0.29) is 0 Å². The van der Waals surface area contributed by atoms with Crippen molar-refractivity contribution in [2.24, 2.45) is 5.92 Å². The van der Waals surface area contributed by atoms with Crippen LogP contribution in [-0.4, -0.2) is 64.0 Å². The monoisotopic (exact) mass is 378 g/mol.